The van der Waals surface area contributed by atoms with Crippen molar-refractivity contribution in [3.05, 3.63) is 0 Å². The molecule has 1 unspecified atom stereocenters. The molecule has 0 fully saturated rings. The smallest absolute Gasteiger partial charge is 0.340 e. The van der Waals surface area contributed by atoms with Gasteiger partial charge in [-0.3, -0.25) is 14.2 Å². The van der Waals surface area contributed by atoms with E-state index in [2.05, 4.69) is 0 Å². The SMILES string of the molecule is O=C(O)CC(C(=O)O)P(=O)(O)O.[Na]. The summed E-state index contributed by atoms with van der Waals surface area (Å²) in [5, 5.41) is 16.3. The van der Waals surface area contributed by atoms with Crippen LogP contribution < -0.4 is 0 Å². The van der Waals surface area contributed by atoms with Crippen molar-refractivity contribution in [3.63, 3.8) is 0 Å². The molecule has 0 bridgehead atoms. The number of aliphatic carboxylic acids is 2. The molecule has 7 nitrogen and oxygen atoms in total. The molecule has 0 aliphatic rings. The third-order valence-electron chi connectivity index (χ3n) is 1.06. The van der Waals surface area contributed by atoms with Gasteiger partial charge in [0, 0.05) is 29.6 Å². The fourth-order valence-electron chi connectivity index (χ4n) is 0.515. The zero-order valence-corrected chi connectivity index (χ0v) is 9.64. The first-order chi connectivity index (χ1) is 5.25. The van der Waals surface area contributed by atoms with Gasteiger partial charge in [0.25, 0.3) is 0 Å². The maximum Gasteiger partial charge on any atom is 0.340 e. The third-order valence-corrected chi connectivity index (χ3v) is 2.27. The number of carboxylic acids is 2. The van der Waals surface area contributed by atoms with Gasteiger partial charge in [0.15, 0.2) is 5.66 Å². The minimum atomic E-state index is -4.87. The summed E-state index contributed by atoms with van der Waals surface area (Å²) in [5.74, 6) is -3.38. The summed E-state index contributed by atoms with van der Waals surface area (Å²) < 4.78 is 10.4. The van der Waals surface area contributed by atoms with Crippen LogP contribution in [0.5, 0.6) is 0 Å². The van der Waals surface area contributed by atoms with Crippen LogP contribution in [0.4, 0.5) is 0 Å². The van der Waals surface area contributed by atoms with E-state index in [4.69, 9.17) is 20.0 Å². The Morgan fingerprint density at radius 2 is 1.62 bits per heavy atom. The normalized spacial score (nSPS) is 12.8. The first-order valence-electron chi connectivity index (χ1n) is 2.75. The molecular weight excluding hydrogens is 214 g/mol. The first-order valence-corrected chi connectivity index (χ1v) is 4.43. The van der Waals surface area contributed by atoms with Crippen LogP contribution in [-0.4, -0.2) is 67.2 Å². The van der Waals surface area contributed by atoms with E-state index in [1.807, 2.05) is 0 Å². The molecule has 0 amide bonds. The topological polar surface area (TPSA) is 132 Å². The van der Waals surface area contributed by atoms with Gasteiger partial charge in [-0.25, -0.2) is 0 Å². The summed E-state index contributed by atoms with van der Waals surface area (Å²) in [6, 6.07) is 0. The van der Waals surface area contributed by atoms with E-state index < -0.39 is 31.6 Å². The molecule has 4 N–H and O–H groups in total. The fraction of sp³-hybridized carbons (Fsp3) is 0.500. The molecule has 0 aliphatic carbocycles. The summed E-state index contributed by atoms with van der Waals surface area (Å²) >= 11 is 0. The number of carboxylic acid groups (broad SMARTS) is 2. The molecule has 0 aromatic rings. The van der Waals surface area contributed by atoms with Crippen LogP contribution in [-0.2, 0) is 14.2 Å². The molecule has 0 saturated heterocycles. The molecule has 0 spiro atoms. The molecule has 13 heavy (non-hydrogen) atoms. The quantitative estimate of drug-likeness (QED) is 0.343. The van der Waals surface area contributed by atoms with E-state index in [0.29, 0.717) is 0 Å². The molecule has 1 atom stereocenters. The van der Waals surface area contributed by atoms with Crippen molar-refractivity contribution >= 4 is 49.1 Å². The van der Waals surface area contributed by atoms with Crippen molar-refractivity contribution in [2.24, 2.45) is 0 Å². The Morgan fingerprint density at radius 3 is 1.69 bits per heavy atom. The minimum absolute atomic E-state index is 0. The molecule has 9 heteroatoms. The predicted molar refractivity (Wildman–Crippen MR) is 41.5 cm³/mol. The van der Waals surface area contributed by atoms with Gasteiger partial charge in [-0.1, -0.05) is 0 Å². The van der Waals surface area contributed by atoms with Crippen LogP contribution in [0.25, 0.3) is 0 Å². The Bertz CT molecular complexity index is 245. The van der Waals surface area contributed by atoms with Gasteiger partial charge in [-0.05, 0) is 0 Å². The predicted octanol–water partition coefficient (Wildman–Crippen LogP) is -1.29. The van der Waals surface area contributed by atoms with Crippen LogP contribution in [0.3, 0.4) is 0 Å². The molecule has 0 saturated carbocycles. The van der Waals surface area contributed by atoms with Crippen molar-refractivity contribution in [1.82, 2.24) is 0 Å². The van der Waals surface area contributed by atoms with Crippen molar-refractivity contribution in [2.45, 2.75) is 12.1 Å². The summed E-state index contributed by atoms with van der Waals surface area (Å²) in [7, 11) is -4.87. The molecule has 0 aromatic heterocycles. The Morgan fingerprint density at radius 1 is 1.23 bits per heavy atom. The Kier molecular flexibility index (Phi) is 6.87. The van der Waals surface area contributed by atoms with Crippen molar-refractivity contribution in [3.8, 4) is 0 Å². The van der Waals surface area contributed by atoms with Crippen LogP contribution in [0.1, 0.15) is 6.42 Å². The van der Waals surface area contributed by atoms with Crippen molar-refractivity contribution in [1.29, 1.82) is 0 Å². The molecule has 1 radical (unpaired) electrons. The Labute approximate surface area is 95.2 Å². The zero-order valence-electron chi connectivity index (χ0n) is 6.75. The van der Waals surface area contributed by atoms with Crippen LogP contribution in [0, 0.1) is 0 Å². The monoisotopic (exact) mass is 221 g/mol. The minimum Gasteiger partial charge on any atom is -0.481 e. The number of hydrogen-bond donors (Lipinski definition) is 4. The van der Waals surface area contributed by atoms with Gasteiger partial charge in [0.1, 0.15) is 0 Å². The molecule has 0 aromatic carbocycles. The Hall–Kier alpha value is 0.0900. The molecule has 0 heterocycles. The third kappa shape index (κ3) is 6.20. The van der Waals surface area contributed by atoms with Gasteiger partial charge in [-0.2, -0.15) is 0 Å². The van der Waals surface area contributed by atoms with Gasteiger partial charge < -0.3 is 20.0 Å². The molecule has 71 valence electrons. The van der Waals surface area contributed by atoms with E-state index in [9.17, 15) is 14.2 Å². The second-order valence-electron chi connectivity index (χ2n) is 2.04. The van der Waals surface area contributed by atoms with E-state index in [1.165, 1.54) is 0 Å². The Balaban J connectivity index is 0. The maximum absolute atomic E-state index is 10.4. The van der Waals surface area contributed by atoms with Crippen molar-refractivity contribution in [2.75, 3.05) is 0 Å². The summed E-state index contributed by atoms with van der Waals surface area (Å²) in [6.07, 6.45) is -1.08. The maximum atomic E-state index is 10.4. The number of hydrogen-bond acceptors (Lipinski definition) is 3. The number of rotatable bonds is 4. The summed E-state index contributed by atoms with van der Waals surface area (Å²) in [4.78, 5) is 36.8. The van der Waals surface area contributed by atoms with E-state index in [0.717, 1.165) is 0 Å². The van der Waals surface area contributed by atoms with Crippen LogP contribution in [0.2, 0.25) is 0 Å². The van der Waals surface area contributed by atoms with Crippen molar-refractivity contribution < 1.29 is 34.2 Å². The summed E-state index contributed by atoms with van der Waals surface area (Å²) in [6.45, 7) is 0. The average molecular weight is 221 g/mol. The van der Waals surface area contributed by atoms with Gasteiger partial charge in [0.2, 0.25) is 0 Å². The average Bonchev–Trinajstić information content (AvgIpc) is 1.79. The zero-order chi connectivity index (χ0) is 9.94. The van der Waals surface area contributed by atoms with Gasteiger partial charge >= 0.3 is 19.5 Å². The van der Waals surface area contributed by atoms with Crippen LogP contribution in [0.15, 0.2) is 0 Å². The number of carbonyl (C=O) groups is 2. The molecule has 0 rings (SSSR count). The second kappa shape index (κ2) is 5.74. The van der Waals surface area contributed by atoms with Gasteiger partial charge in [-0.15, -0.1) is 0 Å². The molecular formula is C4H7NaO7P. The molecule has 0 aliphatic heterocycles. The van der Waals surface area contributed by atoms with E-state index in [1.54, 1.807) is 0 Å². The second-order valence-corrected chi connectivity index (χ2v) is 3.84. The van der Waals surface area contributed by atoms with Gasteiger partial charge in [0.05, 0.1) is 6.42 Å². The largest absolute Gasteiger partial charge is 0.481 e. The summed E-state index contributed by atoms with van der Waals surface area (Å²) in [5.41, 5.74) is -2.16. The standard InChI is InChI=1S/C4H7O7P.Na/c5-3(6)1-2(4(7)8)12(9,10)11;/h2H,1H2,(H,5,6)(H,7,8)(H2,9,10,11);. The van der Waals surface area contributed by atoms with Crippen LogP contribution >= 0.6 is 7.60 Å². The van der Waals surface area contributed by atoms with E-state index >= 15 is 0 Å². The first kappa shape index (κ1) is 15.6. The fourth-order valence-corrected chi connectivity index (χ4v) is 1.20. The van der Waals surface area contributed by atoms with E-state index in [-0.39, 0.29) is 29.6 Å².